The molecule has 0 radical (unpaired) electrons. The van der Waals surface area contributed by atoms with Crippen LogP contribution in [-0.4, -0.2) is 134 Å². The van der Waals surface area contributed by atoms with Crippen LogP contribution in [0.4, 0.5) is 16.3 Å². The number of nitrogens with zero attached hydrogens (tertiary/aromatic N) is 7. The number of aliphatic hydroxyl groups is 3. The molecule has 0 spiro atoms. The van der Waals surface area contributed by atoms with Crippen LogP contribution in [0.2, 0.25) is 0 Å². The minimum absolute atomic E-state index is 0.0126. The molecule has 3 aliphatic rings. The average Bonchev–Trinajstić information content (AvgIpc) is 4.10. The fourth-order valence-corrected chi connectivity index (χ4v) is 9.82. The SMILES string of the molecule is CC(C)CN(C[C@@H](O)[C@H](Cc1ccccc1)NC(=O)O[C@H]1CCOC1)S(=O)(=O)c1ccc(N)cc1.Cc1cn([C@H]2C[C@H](N=[N+]=[N-])[C@@H](CO)O2)c(=O)[nH]c1=O.Nc1ccn([C@@H]2CS[C@H](CO)O2)c(=O)n1. The van der Waals surface area contributed by atoms with E-state index in [-0.39, 0.29) is 67.1 Å². The number of thioether (sulfide) groups is 1. The molecule has 0 unspecified atom stereocenters. The van der Waals surface area contributed by atoms with Crippen molar-refractivity contribution in [3.05, 3.63) is 126 Å². The number of sulfonamides is 1. The van der Waals surface area contributed by atoms with Crippen LogP contribution in [-0.2, 0) is 35.4 Å². The Balaban J connectivity index is 0.000000217. The van der Waals surface area contributed by atoms with Gasteiger partial charge in [-0.25, -0.2) is 22.8 Å². The number of carbonyl (C=O) groups is 1. The van der Waals surface area contributed by atoms with E-state index in [0.29, 0.717) is 43.1 Å². The van der Waals surface area contributed by atoms with Crippen LogP contribution in [0, 0.1) is 12.8 Å². The highest BCUT2D eigenvalue weighted by Crippen LogP contribution is 2.31. The number of aryl methyl sites for hydroxylation is 1. The summed E-state index contributed by atoms with van der Waals surface area (Å²) < 4.78 is 52.2. The maximum atomic E-state index is 13.4. The predicted octanol–water partition coefficient (Wildman–Crippen LogP) is 1.61. The topological polar surface area (TPSA) is 355 Å². The molecule has 3 saturated heterocycles. The van der Waals surface area contributed by atoms with Gasteiger partial charge in [0, 0.05) is 60.2 Å². The Labute approximate surface area is 401 Å². The second-order valence-corrected chi connectivity index (χ2v) is 19.7. The number of H-pyrrole nitrogens is 1. The molecule has 0 bridgehead atoms. The van der Waals surface area contributed by atoms with E-state index in [1.54, 1.807) is 19.2 Å². The van der Waals surface area contributed by atoms with Crippen molar-refractivity contribution >= 4 is 39.4 Å². The molecule has 9 N–H and O–H groups in total. The summed E-state index contributed by atoms with van der Waals surface area (Å²) >= 11 is 1.47. The van der Waals surface area contributed by atoms with Gasteiger partial charge in [-0.15, -0.1) is 11.8 Å². The molecular formula is C43H59N11O13S2. The molecule has 1 amide bonds. The van der Waals surface area contributed by atoms with Crippen molar-refractivity contribution in [2.75, 3.05) is 56.7 Å². The summed E-state index contributed by atoms with van der Waals surface area (Å²) in [5.74, 6) is 0.829. The lowest BCUT2D eigenvalue weighted by Gasteiger charge is -2.30. The maximum Gasteiger partial charge on any atom is 0.407 e. The second-order valence-electron chi connectivity index (χ2n) is 16.6. The minimum Gasteiger partial charge on any atom is -0.444 e. The van der Waals surface area contributed by atoms with Gasteiger partial charge >= 0.3 is 17.5 Å². The summed E-state index contributed by atoms with van der Waals surface area (Å²) in [6, 6.07) is 15.6. The molecule has 26 heteroatoms. The third-order valence-corrected chi connectivity index (χ3v) is 13.7. The molecule has 5 heterocycles. The van der Waals surface area contributed by atoms with Crippen molar-refractivity contribution in [3.8, 4) is 0 Å². The van der Waals surface area contributed by atoms with Gasteiger partial charge in [0.1, 0.15) is 29.8 Å². The quantitative estimate of drug-likeness (QED) is 0.0363. The van der Waals surface area contributed by atoms with Gasteiger partial charge in [0.2, 0.25) is 10.0 Å². The molecule has 2 aromatic carbocycles. The van der Waals surface area contributed by atoms with Crippen molar-refractivity contribution < 1.29 is 47.5 Å². The maximum absolute atomic E-state index is 13.4. The molecule has 3 fully saturated rings. The van der Waals surface area contributed by atoms with E-state index < -0.39 is 63.6 Å². The molecular weight excluding hydrogens is 943 g/mol. The van der Waals surface area contributed by atoms with Gasteiger partial charge < -0.3 is 51.1 Å². The van der Waals surface area contributed by atoms with Crippen LogP contribution in [0.15, 0.2) is 97.5 Å². The standard InChI is InChI=1S/C25H35N3O6S.C10H13N5O4.C8H11N3O3S/c1-18(2)15-28(35(31,32)22-10-8-20(26)9-11-22)16-24(29)23(14-19-6-4-3-5-7-19)27-25(30)34-21-12-13-33-17-21;1-5-3-15(10(18)12-9(5)17)8-2-6(13-14-11)7(4-16)19-8;9-5-1-2-11(8(13)10-5)6-4-15-7(3-12)14-6/h3-11,18,21,23-24,29H,12-17,26H2,1-2H3,(H,27,30);3,6-8,16H,2,4H2,1H3,(H,12,17,18);1-2,6-7,12H,3-4H2,(H2,9,10,13)/t21-,23-,24+;6-,7+,8+;6-,7+/m000/s1. The largest absolute Gasteiger partial charge is 0.444 e. The monoisotopic (exact) mass is 1000 g/mol. The normalized spacial score (nSPS) is 21.9. The van der Waals surface area contributed by atoms with E-state index in [1.807, 2.05) is 44.2 Å². The fourth-order valence-electron chi connectivity index (χ4n) is 7.26. The molecule has 69 heavy (non-hydrogen) atoms. The molecule has 0 saturated carbocycles. The zero-order chi connectivity index (χ0) is 50.3. The first-order chi connectivity index (χ1) is 32.9. The predicted molar refractivity (Wildman–Crippen MR) is 254 cm³/mol. The molecule has 8 atom stereocenters. The summed E-state index contributed by atoms with van der Waals surface area (Å²) in [6.45, 7) is 5.87. The number of nitrogens with one attached hydrogen (secondary N) is 2. The Morgan fingerprint density at radius 3 is 2.39 bits per heavy atom. The Morgan fingerprint density at radius 1 is 1.06 bits per heavy atom. The lowest BCUT2D eigenvalue weighted by atomic mass is 10.0. The minimum atomic E-state index is -3.90. The lowest BCUT2D eigenvalue weighted by molar-refractivity contribution is -0.0271. The van der Waals surface area contributed by atoms with Crippen molar-refractivity contribution in [1.82, 2.24) is 28.7 Å². The molecule has 4 aromatic rings. The number of carbonyl (C=O) groups excluding carboxylic acids is 1. The summed E-state index contributed by atoms with van der Waals surface area (Å²) in [5.41, 5.74) is 19.5. The molecule has 3 aliphatic heterocycles. The number of aromatic nitrogens is 4. The number of hydrogen-bond donors (Lipinski definition) is 7. The lowest BCUT2D eigenvalue weighted by Crippen LogP contribution is -2.51. The average molecular weight is 1000 g/mol. The first kappa shape index (κ1) is 54.1. The van der Waals surface area contributed by atoms with Gasteiger partial charge in [0.05, 0.1) is 55.6 Å². The highest BCUT2D eigenvalue weighted by molar-refractivity contribution is 8.00. The number of aliphatic hydroxyl groups excluding tert-OH is 3. The number of amides is 1. The number of anilines is 2. The van der Waals surface area contributed by atoms with E-state index in [2.05, 4.69) is 25.3 Å². The highest BCUT2D eigenvalue weighted by Gasteiger charge is 2.36. The Bertz CT molecular complexity index is 2630. The first-order valence-corrected chi connectivity index (χ1v) is 24.4. The number of nitrogens with two attached hydrogens (primary N) is 2. The third-order valence-electron chi connectivity index (χ3n) is 10.8. The smallest absolute Gasteiger partial charge is 0.407 e. The molecule has 0 aliphatic carbocycles. The van der Waals surface area contributed by atoms with Gasteiger partial charge in [-0.05, 0) is 60.7 Å². The van der Waals surface area contributed by atoms with Crippen LogP contribution < -0.4 is 33.7 Å². The van der Waals surface area contributed by atoms with E-state index in [0.717, 1.165) is 5.56 Å². The molecule has 376 valence electrons. The van der Waals surface area contributed by atoms with Crippen molar-refractivity contribution in [3.63, 3.8) is 0 Å². The number of rotatable bonds is 16. The van der Waals surface area contributed by atoms with Gasteiger partial charge in [-0.3, -0.25) is 18.9 Å². The fraction of sp³-hybridized carbons (Fsp3) is 0.512. The van der Waals surface area contributed by atoms with Crippen LogP contribution in [0.25, 0.3) is 10.4 Å². The van der Waals surface area contributed by atoms with Gasteiger partial charge in [0.25, 0.3) is 5.56 Å². The number of aromatic amines is 1. The highest BCUT2D eigenvalue weighted by atomic mass is 32.2. The molecule has 24 nitrogen and oxygen atoms in total. The Kier molecular flexibility index (Phi) is 20.2. The number of azide groups is 1. The third kappa shape index (κ3) is 15.6. The van der Waals surface area contributed by atoms with Crippen LogP contribution in [0.1, 0.15) is 50.3 Å². The van der Waals surface area contributed by atoms with Crippen LogP contribution in [0.3, 0.4) is 0 Å². The van der Waals surface area contributed by atoms with E-state index in [9.17, 15) is 32.7 Å². The van der Waals surface area contributed by atoms with Crippen molar-refractivity contribution in [1.29, 1.82) is 0 Å². The number of hydrogen-bond acceptors (Lipinski definition) is 18. The number of nitrogen functional groups attached to an aromatic ring is 2. The van der Waals surface area contributed by atoms with E-state index in [1.165, 1.54) is 55.7 Å². The van der Waals surface area contributed by atoms with Crippen molar-refractivity contribution in [2.45, 2.75) is 93.2 Å². The van der Waals surface area contributed by atoms with Gasteiger partial charge in [-0.2, -0.15) is 9.29 Å². The summed E-state index contributed by atoms with van der Waals surface area (Å²) in [5, 5.41) is 35.5. The van der Waals surface area contributed by atoms with Crippen molar-refractivity contribution in [2.24, 2.45) is 11.0 Å². The van der Waals surface area contributed by atoms with Gasteiger partial charge in [-0.1, -0.05) is 49.3 Å². The summed E-state index contributed by atoms with van der Waals surface area (Å²) in [6.07, 6.45) is 0.227. The first-order valence-electron chi connectivity index (χ1n) is 21.9. The Hall–Kier alpha value is -5.80. The molecule has 7 rings (SSSR count). The number of alkyl carbamates (subject to hydrolysis) is 1. The second kappa shape index (κ2) is 25.7. The number of benzene rings is 2. The number of ether oxygens (including phenoxy) is 4. The van der Waals surface area contributed by atoms with Gasteiger partial charge in [0.15, 0.2) is 0 Å². The van der Waals surface area contributed by atoms with Crippen LogP contribution >= 0.6 is 11.8 Å². The zero-order valence-electron chi connectivity index (χ0n) is 38.2. The Morgan fingerprint density at radius 2 is 1.78 bits per heavy atom. The molecule has 2 aromatic heterocycles. The summed E-state index contributed by atoms with van der Waals surface area (Å²) in [4.78, 5) is 55.5. The van der Waals surface area contributed by atoms with E-state index in [4.69, 9.17) is 46.2 Å². The van der Waals surface area contributed by atoms with Crippen LogP contribution in [0.5, 0.6) is 0 Å². The summed E-state index contributed by atoms with van der Waals surface area (Å²) in [7, 11) is -3.90. The van der Waals surface area contributed by atoms with E-state index >= 15 is 0 Å². The zero-order valence-corrected chi connectivity index (χ0v) is 39.9.